The fraction of sp³-hybridized carbons (Fsp3) is 0.500. The molecule has 0 aromatic heterocycles. The van der Waals surface area contributed by atoms with E-state index in [0.29, 0.717) is 24.1 Å². The van der Waals surface area contributed by atoms with Crippen molar-refractivity contribution in [1.29, 1.82) is 0 Å². The summed E-state index contributed by atoms with van der Waals surface area (Å²) in [5.41, 5.74) is 6.42. The van der Waals surface area contributed by atoms with E-state index in [1.807, 2.05) is 19.0 Å². The Labute approximate surface area is 123 Å². The lowest BCUT2D eigenvalue weighted by atomic mass is 10.2. The van der Waals surface area contributed by atoms with Crippen molar-refractivity contribution in [2.75, 3.05) is 34.2 Å². The Morgan fingerprint density at radius 3 is 2.32 bits per heavy atom. The number of hydrogen-bond acceptors (Lipinski definition) is 4. The topological polar surface area (TPSA) is 66.6 Å². The molecule has 1 rings (SSSR count). The molecule has 0 bridgehead atoms. The van der Waals surface area contributed by atoms with Gasteiger partial charge in [0.2, 0.25) is 10.0 Å². The van der Waals surface area contributed by atoms with Gasteiger partial charge in [-0.3, -0.25) is 0 Å². The largest absolute Gasteiger partial charge is 0.326 e. The van der Waals surface area contributed by atoms with Crippen LogP contribution in [0.5, 0.6) is 0 Å². The minimum absolute atomic E-state index is 0.269. The summed E-state index contributed by atoms with van der Waals surface area (Å²) in [5, 5.41) is 0. The second-order valence-electron chi connectivity index (χ2n) is 4.60. The Morgan fingerprint density at radius 1 is 1.21 bits per heavy atom. The first kappa shape index (κ1) is 16.6. The highest BCUT2D eigenvalue weighted by Crippen LogP contribution is 2.25. The predicted octanol–water partition coefficient (Wildman–Crippen LogP) is 1.09. The van der Waals surface area contributed by atoms with Crippen LogP contribution in [0.4, 0.5) is 0 Å². The Kier molecular flexibility index (Phi) is 5.94. The molecule has 0 saturated carbocycles. The van der Waals surface area contributed by atoms with Crippen LogP contribution in [0, 0.1) is 0 Å². The average Bonchev–Trinajstić information content (AvgIpc) is 2.35. The molecule has 0 unspecified atom stereocenters. The zero-order chi connectivity index (χ0) is 14.6. The van der Waals surface area contributed by atoms with Gasteiger partial charge in [0.1, 0.15) is 0 Å². The third-order valence-electron chi connectivity index (χ3n) is 2.78. The summed E-state index contributed by atoms with van der Waals surface area (Å²) in [5.74, 6) is 0. The summed E-state index contributed by atoms with van der Waals surface area (Å²) in [6.07, 6.45) is 0. The predicted molar refractivity (Wildman–Crippen MR) is 80.4 cm³/mol. The van der Waals surface area contributed by atoms with Crippen molar-refractivity contribution in [1.82, 2.24) is 9.21 Å². The summed E-state index contributed by atoms with van der Waals surface area (Å²) >= 11 is 3.30. The quantitative estimate of drug-likeness (QED) is 0.834. The highest BCUT2D eigenvalue weighted by molar-refractivity contribution is 9.10. The molecule has 0 aliphatic rings. The van der Waals surface area contributed by atoms with E-state index in [1.54, 1.807) is 25.2 Å². The molecule has 0 radical (unpaired) electrons. The second kappa shape index (κ2) is 6.81. The molecule has 19 heavy (non-hydrogen) atoms. The number of nitrogens with zero attached hydrogens (tertiary/aromatic N) is 2. The first-order chi connectivity index (χ1) is 8.78. The summed E-state index contributed by atoms with van der Waals surface area (Å²) in [7, 11) is 1.93. The fourth-order valence-corrected chi connectivity index (χ4v) is 3.75. The zero-order valence-corrected chi connectivity index (χ0v) is 13.8. The number of likely N-dealkylation sites (N-methyl/N-ethyl adjacent to an activating group) is 2. The van der Waals surface area contributed by atoms with Crippen molar-refractivity contribution in [3.8, 4) is 0 Å². The molecule has 7 heteroatoms. The first-order valence-corrected chi connectivity index (χ1v) is 8.12. The van der Waals surface area contributed by atoms with Gasteiger partial charge in [0.15, 0.2) is 0 Å². The number of rotatable bonds is 6. The van der Waals surface area contributed by atoms with E-state index in [2.05, 4.69) is 15.9 Å². The number of hydrogen-bond donors (Lipinski definition) is 1. The second-order valence-corrected chi connectivity index (χ2v) is 7.47. The van der Waals surface area contributed by atoms with Gasteiger partial charge in [0, 0.05) is 31.2 Å². The van der Waals surface area contributed by atoms with E-state index in [4.69, 9.17) is 5.73 Å². The number of sulfonamides is 1. The lowest BCUT2D eigenvalue weighted by molar-refractivity contribution is 0.358. The Morgan fingerprint density at radius 2 is 1.84 bits per heavy atom. The van der Waals surface area contributed by atoms with Gasteiger partial charge in [-0.1, -0.05) is 6.07 Å². The van der Waals surface area contributed by atoms with Crippen LogP contribution in [0.3, 0.4) is 0 Å². The van der Waals surface area contributed by atoms with Crippen LogP contribution in [-0.4, -0.2) is 51.9 Å². The smallest absolute Gasteiger partial charge is 0.243 e. The van der Waals surface area contributed by atoms with Crippen LogP contribution < -0.4 is 5.73 Å². The van der Waals surface area contributed by atoms with Crippen LogP contribution >= 0.6 is 15.9 Å². The Bertz CT molecular complexity index is 532. The average molecular weight is 350 g/mol. The molecule has 5 nitrogen and oxygen atoms in total. The van der Waals surface area contributed by atoms with Crippen molar-refractivity contribution >= 4 is 26.0 Å². The highest BCUT2D eigenvalue weighted by atomic mass is 79.9. The van der Waals surface area contributed by atoms with E-state index in [0.717, 1.165) is 5.56 Å². The van der Waals surface area contributed by atoms with Gasteiger partial charge in [-0.05, 0) is 47.7 Å². The molecule has 1 aromatic carbocycles. The van der Waals surface area contributed by atoms with Crippen LogP contribution in [0.15, 0.2) is 27.6 Å². The molecular weight excluding hydrogens is 330 g/mol. The van der Waals surface area contributed by atoms with Crippen molar-refractivity contribution in [3.63, 3.8) is 0 Å². The van der Waals surface area contributed by atoms with E-state index >= 15 is 0 Å². The van der Waals surface area contributed by atoms with Crippen molar-refractivity contribution in [2.45, 2.75) is 11.4 Å². The summed E-state index contributed by atoms with van der Waals surface area (Å²) < 4.78 is 26.7. The van der Waals surface area contributed by atoms with Crippen LogP contribution in [0.1, 0.15) is 5.56 Å². The van der Waals surface area contributed by atoms with Gasteiger partial charge in [0.05, 0.1) is 4.90 Å². The lowest BCUT2D eigenvalue weighted by Gasteiger charge is -2.20. The lowest BCUT2D eigenvalue weighted by Crippen LogP contribution is -2.33. The zero-order valence-electron chi connectivity index (χ0n) is 11.4. The number of halogens is 1. The van der Waals surface area contributed by atoms with E-state index in [1.165, 1.54) is 4.31 Å². The molecule has 0 aliphatic carbocycles. The van der Waals surface area contributed by atoms with E-state index in [9.17, 15) is 8.42 Å². The van der Waals surface area contributed by atoms with Gasteiger partial charge in [0.25, 0.3) is 0 Å². The molecule has 108 valence electrons. The highest BCUT2D eigenvalue weighted by Gasteiger charge is 2.23. The minimum Gasteiger partial charge on any atom is -0.326 e. The maximum atomic E-state index is 12.4. The van der Waals surface area contributed by atoms with Crippen molar-refractivity contribution < 1.29 is 8.42 Å². The molecule has 0 saturated heterocycles. The standard InChI is InChI=1S/C12H20BrN3O2S/c1-15(2)6-7-16(3)19(17,18)12-5-4-10(9-14)8-11(12)13/h4-5,8H,6-7,9,14H2,1-3H3. The Hall–Kier alpha value is -0.470. The van der Waals surface area contributed by atoms with Gasteiger partial charge in [-0.15, -0.1) is 0 Å². The molecule has 0 aliphatic heterocycles. The molecule has 0 heterocycles. The Balaban J connectivity index is 2.99. The van der Waals surface area contributed by atoms with Crippen LogP contribution in [0.2, 0.25) is 0 Å². The SMILES string of the molecule is CN(C)CCN(C)S(=O)(=O)c1ccc(CN)cc1Br. The maximum absolute atomic E-state index is 12.4. The summed E-state index contributed by atoms with van der Waals surface area (Å²) in [6, 6.07) is 5.07. The van der Waals surface area contributed by atoms with Gasteiger partial charge >= 0.3 is 0 Å². The summed E-state index contributed by atoms with van der Waals surface area (Å²) in [6.45, 7) is 1.50. The molecule has 0 fully saturated rings. The van der Waals surface area contributed by atoms with Crippen LogP contribution in [-0.2, 0) is 16.6 Å². The number of nitrogens with two attached hydrogens (primary N) is 1. The third kappa shape index (κ3) is 4.25. The molecular formula is C12H20BrN3O2S. The molecule has 0 spiro atoms. The van der Waals surface area contributed by atoms with E-state index in [-0.39, 0.29) is 4.90 Å². The minimum atomic E-state index is -3.47. The van der Waals surface area contributed by atoms with Gasteiger partial charge in [-0.25, -0.2) is 8.42 Å². The normalized spacial score (nSPS) is 12.4. The maximum Gasteiger partial charge on any atom is 0.243 e. The van der Waals surface area contributed by atoms with Crippen molar-refractivity contribution in [2.24, 2.45) is 5.73 Å². The molecule has 1 aromatic rings. The summed E-state index contributed by atoms with van der Waals surface area (Å²) in [4.78, 5) is 2.21. The first-order valence-electron chi connectivity index (χ1n) is 5.88. The monoisotopic (exact) mass is 349 g/mol. The van der Waals surface area contributed by atoms with Gasteiger partial charge in [-0.2, -0.15) is 4.31 Å². The van der Waals surface area contributed by atoms with Gasteiger partial charge < -0.3 is 10.6 Å². The number of benzene rings is 1. The molecule has 0 atom stereocenters. The fourth-order valence-electron chi connectivity index (χ4n) is 1.51. The van der Waals surface area contributed by atoms with Crippen LogP contribution in [0.25, 0.3) is 0 Å². The molecule has 2 N–H and O–H groups in total. The van der Waals surface area contributed by atoms with Crippen molar-refractivity contribution in [3.05, 3.63) is 28.2 Å². The van der Waals surface area contributed by atoms with E-state index < -0.39 is 10.0 Å². The third-order valence-corrected chi connectivity index (χ3v) is 5.62. The molecule has 0 amide bonds.